The third kappa shape index (κ3) is 2.52. The molecule has 0 heterocycles. The Morgan fingerprint density at radius 3 is 2.82 bits per heavy atom. The van der Waals surface area contributed by atoms with Crippen LogP contribution in [0.1, 0.15) is 12.8 Å². The highest BCUT2D eigenvalue weighted by molar-refractivity contribution is 5.46. The summed E-state index contributed by atoms with van der Waals surface area (Å²) < 4.78 is 18.4. The number of halogens is 1. The summed E-state index contributed by atoms with van der Waals surface area (Å²) in [7, 11) is 1.85. The fourth-order valence-corrected chi connectivity index (χ4v) is 1.81. The quantitative estimate of drug-likeness (QED) is 0.644. The normalized spacial score (nSPS) is 22.9. The lowest BCUT2D eigenvalue weighted by Crippen LogP contribution is -2.45. The van der Waals surface area contributed by atoms with Crippen LogP contribution in [0.25, 0.3) is 0 Å². The standard InChI is InChI=1S/C11H13FN2O3/c1-13-8-5-9(6-8)17-11-4-7(12)2-3-10(11)14(15)16/h2-4,8-9,13H,5-6H2,1H3. The van der Waals surface area contributed by atoms with Crippen molar-refractivity contribution in [3.05, 3.63) is 34.1 Å². The lowest BCUT2D eigenvalue weighted by Gasteiger charge is -2.34. The Balaban J connectivity index is 2.09. The van der Waals surface area contributed by atoms with Gasteiger partial charge in [-0.3, -0.25) is 10.1 Å². The molecule has 0 radical (unpaired) electrons. The molecule has 1 aliphatic carbocycles. The summed E-state index contributed by atoms with van der Waals surface area (Å²) in [5.41, 5.74) is -0.195. The molecule has 0 bridgehead atoms. The minimum atomic E-state index is -0.566. The van der Waals surface area contributed by atoms with Crippen molar-refractivity contribution in [2.24, 2.45) is 0 Å². The fraction of sp³-hybridized carbons (Fsp3) is 0.455. The van der Waals surface area contributed by atoms with Crippen LogP contribution >= 0.6 is 0 Å². The van der Waals surface area contributed by atoms with Gasteiger partial charge in [0, 0.05) is 18.2 Å². The number of benzene rings is 1. The highest BCUT2D eigenvalue weighted by Gasteiger charge is 2.31. The topological polar surface area (TPSA) is 64.4 Å². The molecule has 92 valence electrons. The van der Waals surface area contributed by atoms with Crippen LogP contribution in [0, 0.1) is 15.9 Å². The van der Waals surface area contributed by atoms with Gasteiger partial charge in [-0.05, 0) is 26.0 Å². The first-order chi connectivity index (χ1) is 8.10. The van der Waals surface area contributed by atoms with E-state index < -0.39 is 10.7 Å². The van der Waals surface area contributed by atoms with Crippen molar-refractivity contribution in [1.82, 2.24) is 5.32 Å². The molecular weight excluding hydrogens is 227 g/mol. The highest BCUT2D eigenvalue weighted by Crippen LogP contribution is 2.32. The number of rotatable bonds is 4. The minimum Gasteiger partial charge on any atom is -0.483 e. The van der Waals surface area contributed by atoms with Crippen LogP contribution in [0.3, 0.4) is 0 Å². The Labute approximate surface area is 97.7 Å². The average Bonchev–Trinajstić information content (AvgIpc) is 2.22. The Morgan fingerprint density at radius 1 is 1.53 bits per heavy atom. The van der Waals surface area contributed by atoms with Crippen LogP contribution in [0.15, 0.2) is 18.2 Å². The number of nitro benzene ring substituents is 1. The van der Waals surface area contributed by atoms with Crippen LogP contribution in [0.5, 0.6) is 5.75 Å². The summed E-state index contributed by atoms with van der Waals surface area (Å²) >= 11 is 0. The van der Waals surface area contributed by atoms with Crippen molar-refractivity contribution < 1.29 is 14.1 Å². The Morgan fingerprint density at radius 2 is 2.24 bits per heavy atom. The molecule has 1 aliphatic rings. The molecule has 17 heavy (non-hydrogen) atoms. The lowest BCUT2D eigenvalue weighted by molar-refractivity contribution is -0.386. The van der Waals surface area contributed by atoms with Gasteiger partial charge in [-0.1, -0.05) is 0 Å². The smallest absolute Gasteiger partial charge is 0.311 e. The van der Waals surface area contributed by atoms with E-state index in [1.807, 2.05) is 7.05 Å². The van der Waals surface area contributed by atoms with Crippen molar-refractivity contribution in [3.63, 3.8) is 0 Å². The van der Waals surface area contributed by atoms with Gasteiger partial charge in [0.15, 0.2) is 5.75 Å². The molecule has 0 saturated heterocycles. The molecule has 2 rings (SSSR count). The van der Waals surface area contributed by atoms with E-state index in [-0.39, 0.29) is 17.5 Å². The van der Waals surface area contributed by atoms with Crippen LogP contribution in [-0.2, 0) is 0 Å². The number of hydrogen-bond acceptors (Lipinski definition) is 4. The molecule has 1 aromatic carbocycles. The SMILES string of the molecule is CNC1CC(Oc2cc(F)ccc2[N+](=O)[O-])C1. The maximum atomic E-state index is 13.0. The summed E-state index contributed by atoms with van der Waals surface area (Å²) in [6.45, 7) is 0. The molecule has 1 N–H and O–H groups in total. The van der Waals surface area contributed by atoms with Crippen molar-refractivity contribution in [3.8, 4) is 5.75 Å². The van der Waals surface area contributed by atoms with Gasteiger partial charge in [0.2, 0.25) is 0 Å². The second-order valence-electron chi connectivity index (χ2n) is 4.07. The molecule has 1 aromatic rings. The number of nitrogens with zero attached hydrogens (tertiary/aromatic N) is 1. The Bertz CT molecular complexity index is 433. The zero-order valence-corrected chi connectivity index (χ0v) is 9.35. The molecule has 0 unspecified atom stereocenters. The van der Waals surface area contributed by atoms with E-state index in [2.05, 4.69) is 5.32 Å². The van der Waals surface area contributed by atoms with E-state index in [4.69, 9.17) is 4.74 Å². The largest absolute Gasteiger partial charge is 0.483 e. The Kier molecular flexibility index (Phi) is 3.23. The molecular formula is C11H13FN2O3. The number of hydrogen-bond donors (Lipinski definition) is 1. The van der Waals surface area contributed by atoms with Gasteiger partial charge in [0.25, 0.3) is 0 Å². The van der Waals surface area contributed by atoms with Gasteiger partial charge in [-0.2, -0.15) is 0 Å². The first-order valence-corrected chi connectivity index (χ1v) is 5.38. The monoisotopic (exact) mass is 240 g/mol. The predicted molar refractivity (Wildman–Crippen MR) is 59.6 cm³/mol. The van der Waals surface area contributed by atoms with Gasteiger partial charge in [0.05, 0.1) is 4.92 Å². The highest BCUT2D eigenvalue weighted by atomic mass is 19.1. The van der Waals surface area contributed by atoms with Crippen molar-refractivity contribution in [2.75, 3.05) is 7.05 Å². The van der Waals surface area contributed by atoms with Crippen molar-refractivity contribution in [1.29, 1.82) is 0 Å². The molecule has 6 heteroatoms. The predicted octanol–water partition coefficient (Wildman–Crippen LogP) is 1.86. The number of nitro groups is 1. The number of ether oxygens (including phenoxy) is 1. The summed E-state index contributed by atoms with van der Waals surface area (Å²) in [5.74, 6) is -0.523. The van der Waals surface area contributed by atoms with E-state index >= 15 is 0 Å². The molecule has 0 atom stereocenters. The van der Waals surface area contributed by atoms with Crippen molar-refractivity contribution in [2.45, 2.75) is 25.0 Å². The van der Waals surface area contributed by atoms with Gasteiger partial charge in [0.1, 0.15) is 11.9 Å². The maximum Gasteiger partial charge on any atom is 0.311 e. The minimum absolute atomic E-state index is 0.00885. The molecule has 1 saturated carbocycles. The summed E-state index contributed by atoms with van der Waals surface area (Å²) in [6.07, 6.45) is 1.49. The second-order valence-corrected chi connectivity index (χ2v) is 4.07. The van der Waals surface area contributed by atoms with E-state index in [1.165, 1.54) is 0 Å². The molecule has 0 aromatic heterocycles. The van der Waals surface area contributed by atoms with Gasteiger partial charge >= 0.3 is 5.69 Å². The first-order valence-electron chi connectivity index (χ1n) is 5.38. The van der Waals surface area contributed by atoms with Gasteiger partial charge in [-0.25, -0.2) is 4.39 Å². The average molecular weight is 240 g/mol. The molecule has 1 fully saturated rings. The Hall–Kier alpha value is -1.69. The molecule has 0 aliphatic heterocycles. The lowest BCUT2D eigenvalue weighted by atomic mass is 9.89. The maximum absolute atomic E-state index is 13.0. The summed E-state index contributed by atoms with van der Waals surface area (Å²) in [6, 6.07) is 3.62. The number of nitrogens with one attached hydrogen (secondary N) is 1. The summed E-state index contributed by atoms with van der Waals surface area (Å²) in [5, 5.41) is 13.8. The van der Waals surface area contributed by atoms with E-state index in [9.17, 15) is 14.5 Å². The van der Waals surface area contributed by atoms with E-state index in [0.717, 1.165) is 31.0 Å². The van der Waals surface area contributed by atoms with Gasteiger partial charge < -0.3 is 10.1 Å². The van der Waals surface area contributed by atoms with Crippen LogP contribution in [0.2, 0.25) is 0 Å². The first kappa shape index (κ1) is 11.8. The van der Waals surface area contributed by atoms with E-state index in [1.54, 1.807) is 0 Å². The molecule has 5 nitrogen and oxygen atoms in total. The van der Waals surface area contributed by atoms with Gasteiger partial charge in [-0.15, -0.1) is 0 Å². The third-order valence-electron chi connectivity index (χ3n) is 2.92. The fourth-order valence-electron chi connectivity index (χ4n) is 1.81. The van der Waals surface area contributed by atoms with Crippen LogP contribution < -0.4 is 10.1 Å². The molecule has 0 spiro atoms. The van der Waals surface area contributed by atoms with Crippen LogP contribution in [0.4, 0.5) is 10.1 Å². The zero-order chi connectivity index (χ0) is 12.4. The third-order valence-corrected chi connectivity index (χ3v) is 2.92. The van der Waals surface area contributed by atoms with E-state index in [0.29, 0.717) is 6.04 Å². The van der Waals surface area contributed by atoms with Crippen molar-refractivity contribution >= 4 is 5.69 Å². The van der Waals surface area contributed by atoms with Crippen LogP contribution in [-0.4, -0.2) is 24.1 Å². The second kappa shape index (κ2) is 4.67. The summed E-state index contributed by atoms with van der Waals surface area (Å²) in [4.78, 5) is 10.2. The zero-order valence-electron chi connectivity index (χ0n) is 9.35. The molecule has 0 amide bonds.